The van der Waals surface area contributed by atoms with Gasteiger partial charge in [0.15, 0.2) is 17.8 Å². The number of esters is 1. The molecule has 14 nitrogen and oxygen atoms in total. The van der Waals surface area contributed by atoms with E-state index in [0.29, 0.717) is 37.0 Å². The molecule has 2 fully saturated rings. The maximum absolute atomic E-state index is 15.2. The number of benzene rings is 2. The van der Waals surface area contributed by atoms with Crippen LogP contribution in [-0.2, 0) is 45.9 Å². The van der Waals surface area contributed by atoms with Gasteiger partial charge in [-0.15, -0.1) is 0 Å². The Balaban J connectivity index is 1.23. The Bertz CT molecular complexity index is 1730. The van der Waals surface area contributed by atoms with E-state index < -0.39 is 44.1 Å². The number of carbonyl (C=O) groups excluding carboxylic acids is 1. The van der Waals surface area contributed by atoms with Crippen LogP contribution in [-0.4, -0.2) is 82.2 Å². The van der Waals surface area contributed by atoms with Crippen LogP contribution in [0.3, 0.4) is 0 Å². The van der Waals surface area contributed by atoms with Crippen molar-refractivity contribution in [2.75, 3.05) is 31.9 Å². The SMILES string of the molecule is CCCOC(=O)[C@H](Cc1ccccc1)NP(=O)(CO[C@H]1CO[C@@H](n2cnc3c(N)ncnc32)C1)N[C@@H](Cc1ccccc1)C1OC1OCCC. The van der Waals surface area contributed by atoms with E-state index in [2.05, 4.69) is 25.1 Å². The molecule has 4 aromatic rings. The molecule has 2 aromatic carbocycles. The summed E-state index contributed by atoms with van der Waals surface area (Å²) in [5.41, 5.74) is 8.97. The molecule has 2 aliphatic heterocycles. The van der Waals surface area contributed by atoms with E-state index in [9.17, 15) is 4.79 Å². The Morgan fingerprint density at radius 1 is 0.980 bits per heavy atom. The second kappa shape index (κ2) is 17.0. The number of fused-ring (bicyclic) bond motifs is 1. The highest BCUT2D eigenvalue weighted by Crippen LogP contribution is 2.43. The summed E-state index contributed by atoms with van der Waals surface area (Å²) in [6, 6.07) is 18.2. The number of anilines is 1. The molecule has 7 atom stereocenters. The van der Waals surface area contributed by atoms with Gasteiger partial charge in [0, 0.05) is 19.1 Å². The van der Waals surface area contributed by atoms with Gasteiger partial charge < -0.3 is 29.4 Å². The first-order valence-electron chi connectivity index (χ1n) is 17.2. The fourth-order valence-corrected chi connectivity index (χ4v) is 8.13. The van der Waals surface area contributed by atoms with E-state index in [1.807, 2.05) is 74.5 Å². The standard InChI is InChI=1S/C35H46N7O7P/c1-3-15-45-34(43)28(18-25-13-9-6-10-14-25)41-50(44,40-27(17-24-11-7-5-8-12-24)31-35(49-31)46-16-4-2)23-48-26-19-29(47-20-26)42-22-39-30-32(36)37-21-38-33(30)42/h5-14,21-22,26-29,31,35H,3-4,15-20,23H2,1-2H3,(H2,36,37,38)(H2,40,41,44)/t26-,27+,28+,29-,31?,35?,50?/m1/s1. The van der Waals surface area contributed by atoms with E-state index in [4.69, 9.17) is 29.4 Å². The Morgan fingerprint density at radius 3 is 2.42 bits per heavy atom. The maximum atomic E-state index is 15.2. The van der Waals surface area contributed by atoms with Crippen molar-refractivity contribution in [3.8, 4) is 0 Å². The van der Waals surface area contributed by atoms with Crippen LogP contribution in [0.4, 0.5) is 5.82 Å². The minimum absolute atomic E-state index is 0.224. The fraction of sp³-hybridized carbons (Fsp3) is 0.486. The van der Waals surface area contributed by atoms with Gasteiger partial charge in [-0.3, -0.25) is 13.9 Å². The summed E-state index contributed by atoms with van der Waals surface area (Å²) in [6.45, 7) is 5.02. The quantitative estimate of drug-likeness (QED) is 0.0712. The van der Waals surface area contributed by atoms with Crippen molar-refractivity contribution >= 4 is 30.4 Å². The zero-order valence-electron chi connectivity index (χ0n) is 28.4. The average Bonchev–Trinajstić information content (AvgIpc) is 3.51. The van der Waals surface area contributed by atoms with Crippen molar-refractivity contribution in [2.24, 2.45) is 0 Å². The lowest BCUT2D eigenvalue weighted by Gasteiger charge is -2.30. The van der Waals surface area contributed by atoms with Crippen LogP contribution in [0, 0.1) is 0 Å². The molecule has 15 heteroatoms. The number of nitrogens with one attached hydrogen (secondary N) is 2. The van der Waals surface area contributed by atoms with Crippen LogP contribution in [0.15, 0.2) is 73.3 Å². The number of epoxide rings is 1. The largest absolute Gasteiger partial charge is 0.465 e. The third-order valence-electron chi connectivity index (χ3n) is 8.55. The summed E-state index contributed by atoms with van der Waals surface area (Å²) in [6.07, 6.45) is 3.93. The van der Waals surface area contributed by atoms with Crippen molar-refractivity contribution in [1.82, 2.24) is 29.7 Å². The summed E-state index contributed by atoms with van der Waals surface area (Å²) in [4.78, 5) is 26.2. The lowest BCUT2D eigenvalue weighted by molar-refractivity contribution is -0.145. The van der Waals surface area contributed by atoms with Crippen LogP contribution < -0.4 is 15.9 Å². The van der Waals surface area contributed by atoms with Crippen molar-refractivity contribution in [1.29, 1.82) is 0 Å². The van der Waals surface area contributed by atoms with E-state index in [1.165, 1.54) is 6.33 Å². The van der Waals surface area contributed by atoms with Crippen molar-refractivity contribution in [3.05, 3.63) is 84.4 Å². The highest BCUT2D eigenvalue weighted by atomic mass is 31.2. The maximum Gasteiger partial charge on any atom is 0.323 e. The van der Waals surface area contributed by atoms with Crippen molar-refractivity contribution in [3.63, 3.8) is 0 Å². The van der Waals surface area contributed by atoms with Crippen LogP contribution in [0.2, 0.25) is 0 Å². The fourth-order valence-electron chi connectivity index (χ4n) is 6.01. The summed E-state index contributed by atoms with van der Waals surface area (Å²) in [5.74, 6) is -0.200. The van der Waals surface area contributed by atoms with Gasteiger partial charge in [-0.1, -0.05) is 74.5 Å². The number of imidazole rings is 1. The van der Waals surface area contributed by atoms with E-state index in [0.717, 1.165) is 17.5 Å². The molecule has 268 valence electrons. The van der Waals surface area contributed by atoms with Gasteiger partial charge in [0.05, 0.1) is 25.6 Å². The number of hydrogen-bond acceptors (Lipinski definition) is 11. The molecular weight excluding hydrogens is 661 g/mol. The molecule has 50 heavy (non-hydrogen) atoms. The van der Waals surface area contributed by atoms with Gasteiger partial charge in [0.25, 0.3) is 0 Å². The first-order chi connectivity index (χ1) is 24.4. The van der Waals surface area contributed by atoms with Gasteiger partial charge in [-0.2, -0.15) is 0 Å². The van der Waals surface area contributed by atoms with Crippen molar-refractivity contribution < 1.29 is 33.0 Å². The zero-order valence-corrected chi connectivity index (χ0v) is 29.3. The molecular formula is C35H46N7O7P. The smallest absolute Gasteiger partial charge is 0.323 e. The molecule has 3 unspecified atom stereocenters. The average molecular weight is 708 g/mol. The van der Waals surface area contributed by atoms with Gasteiger partial charge in [-0.25, -0.2) is 25.1 Å². The molecule has 0 amide bonds. The number of rotatable bonds is 19. The van der Waals surface area contributed by atoms with Gasteiger partial charge in [-0.05, 0) is 36.8 Å². The molecule has 2 aromatic heterocycles. The predicted molar refractivity (Wildman–Crippen MR) is 187 cm³/mol. The minimum atomic E-state index is -3.71. The summed E-state index contributed by atoms with van der Waals surface area (Å²) < 4.78 is 46.9. The van der Waals surface area contributed by atoms with Crippen LogP contribution in [0.5, 0.6) is 0 Å². The third kappa shape index (κ3) is 9.32. The molecule has 0 saturated carbocycles. The number of carbonyl (C=O) groups is 1. The Morgan fingerprint density at radius 2 is 1.70 bits per heavy atom. The summed E-state index contributed by atoms with van der Waals surface area (Å²) in [7, 11) is -3.71. The topological polar surface area (TPSA) is 177 Å². The highest BCUT2D eigenvalue weighted by Gasteiger charge is 2.48. The molecule has 0 bridgehead atoms. The lowest BCUT2D eigenvalue weighted by atomic mass is 10.0. The molecule has 4 N–H and O–H groups in total. The molecule has 4 heterocycles. The second-order valence-corrected chi connectivity index (χ2v) is 14.8. The molecule has 0 spiro atoms. The first-order valence-corrected chi connectivity index (χ1v) is 19.1. The van der Waals surface area contributed by atoms with Gasteiger partial charge in [0.2, 0.25) is 7.44 Å². The molecule has 6 rings (SSSR count). The molecule has 2 aliphatic rings. The molecule has 0 aliphatic carbocycles. The van der Waals surface area contributed by atoms with Crippen LogP contribution >= 0.6 is 7.44 Å². The van der Waals surface area contributed by atoms with E-state index >= 15 is 4.57 Å². The number of nitrogen functional groups attached to an aromatic ring is 1. The highest BCUT2D eigenvalue weighted by molar-refractivity contribution is 7.59. The lowest BCUT2D eigenvalue weighted by Crippen LogP contribution is -2.46. The Hall–Kier alpha value is -3.75. The first kappa shape index (κ1) is 36.1. The number of ether oxygens (including phenoxy) is 5. The second-order valence-electron chi connectivity index (χ2n) is 12.6. The molecule has 0 radical (unpaired) electrons. The Labute approximate surface area is 291 Å². The monoisotopic (exact) mass is 707 g/mol. The minimum Gasteiger partial charge on any atom is -0.465 e. The van der Waals surface area contributed by atoms with Crippen LogP contribution in [0.1, 0.15) is 50.5 Å². The van der Waals surface area contributed by atoms with E-state index in [-0.39, 0.29) is 37.9 Å². The third-order valence-corrected chi connectivity index (χ3v) is 10.5. The van der Waals surface area contributed by atoms with Gasteiger partial charge in [0.1, 0.15) is 36.6 Å². The predicted octanol–water partition coefficient (Wildman–Crippen LogP) is 4.37. The normalized spacial score (nSPS) is 22.6. The number of hydrogen-bond donors (Lipinski definition) is 3. The zero-order chi connectivity index (χ0) is 34.9. The van der Waals surface area contributed by atoms with Crippen LogP contribution in [0.25, 0.3) is 11.2 Å². The summed E-state index contributed by atoms with van der Waals surface area (Å²) >= 11 is 0. The molecule has 2 saturated heterocycles. The van der Waals surface area contributed by atoms with Crippen molar-refractivity contribution in [2.45, 2.75) is 82.8 Å². The summed E-state index contributed by atoms with van der Waals surface area (Å²) in [5, 5.41) is 6.59. The number of nitrogens with zero attached hydrogens (tertiary/aromatic N) is 4. The Kier molecular flexibility index (Phi) is 12.2. The van der Waals surface area contributed by atoms with E-state index in [1.54, 1.807) is 10.9 Å². The van der Waals surface area contributed by atoms with Gasteiger partial charge >= 0.3 is 5.97 Å². The number of nitrogens with two attached hydrogens (primary N) is 1. The number of aromatic nitrogens is 4.